The molecule has 14 heavy (non-hydrogen) atoms. The Morgan fingerprint density at radius 1 is 1.43 bits per heavy atom. The Morgan fingerprint density at radius 2 is 2.29 bits per heavy atom. The molecule has 0 saturated carbocycles. The van der Waals surface area contributed by atoms with Crippen LogP contribution in [0.1, 0.15) is 25.3 Å². The van der Waals surface area contributed by atoms with Crippen LogP contribution in [0.25, 0.3) is 0 Å². The minimum atomic E-state index is 0.189. The first-order valence-corrected chi connectivity index (χ1v) is 5.28. The molecule has 2 aliphatic heterocycles. The van der Waals surface area contributed by atoms with Crippen molar-refractivity contribution < 1.29 is 4.74 Å². The van der Waals surface area contributed by atoms with Gasteiger partial charge in [-0.3, -0.25) is 0 Å². The van der Waals surface area contributed by atoms with Crippen molar-refractivity contribution >= 4 is 5.69 Å². The van der Waals surface area contributed by atoms with Gasteiger partial charge in [-0.15, -0.1) is 0 Å². The van der Waals surface area contributed by atoms with E-state index >= 15 is 0 Å². The molecule has 74 valence electrons. The van der Waals surface area contributed by atoms with E-state index in [4.69, 9.17) is 4.74 Å². The Hall–Kier alpha value is -1.02. The predicted octanol–water partition coefficient (Wildman–Crippen LogP) is 2.51. The zero-order valence-corrected chi connectivity index (χ0v) is 8.42. The van der Waals surface area contributed by atoms with E-state index in [2.05, 4.69) is 36.5 Å². The number of hydrogen-bond donors (Lipinski definition) is 1. The molecule has 0 aromatic heterocycles. The largest absolute Gasteiger partial charge is 0.359 e. The number of hydrogen-bond acceptors (Lipinski definition) is 2. The summed E-state index contributed by atoms with van der Waals surface area (Å²) in [6.07, 6.45) is 2.58. The summed E-state index contributed by atoms with van der Waals surface area (Å²) in [7, 11) is 0. The highest BCUT2D eigenvalue weighted by Crippen LogP contribution is 2.46. The third-order valence-corrected chi connectivity index (χ3v) is 3.53. The van der Waals surface area contributed by atoms with Gasteiger partial charge >= 0.3 is 0 Å². The average molecular weight is 189 g/mol. The SMILES string of the molecule is CC12CCCOC1Nc1ccccc12. The normalized spacial score (nSPS) is 34.5. The maximum Gasteiger partial charge on any atom is 0.137 e. The van der Waals surface area contributed by atoms with Crippen molar-refractivity contribution in [2.24, 2.45) is 0 Å². The number of para-hydroxylation sites is 1. The van der Waals surface area contributed by atoms with Gasteiger partial charge in [0, 0.05) is 17.7 Å². The first-order valence-electron chi connectivity index (χ1n) is 5.28. The average Bonchev–Trinajstić information content (AvgIpc) is 2.51. The van der Waals surface area contributed by atoms with E-state index in [1.807, 2.05) is 0 Å². The predicted molar refractivity (Wildman–Crippen MR) is 56.4 cm³/mol. The topological polar surface area (TPSA) is 21.3 Å². The van der Waals surface area contributed by atoms with E-state index in [1.54, 1.807) is 0 Å². The molecule has 0 spiro atoms. The molecule has 2 unspecified atom stereocenters. The molecule has 0 radical (unpaired) electrons. The van der Waals surface area contributed by atoms with Crippen LogP contribution in [0.2, 0.25) is 0 Å². The molecule has 0 amide bonds. The second kappa shape index (κ2) is 2.74. The molecule has 0 bridgehead atoms. The zero-order chi connectivity index (χ0) is 9.60. The fourth-order valence-corrected chi connectivity index (χ4v) is 2.68. The van der Waals surface area contributed by atoms with Crippen molar-refractivity contribution in [1.29, 1.82) is 0 Å². The second-order valence-electron chi connectivity index (χ2n) is 4.46. The maximum absolute atomic E-state index is 5.78. The highest BCUT2D eigenvalue weighted by Gasteiger charge is 2.45. The number of fused-ring (bicyclic) bond motifs is 3. The van der Waals surface area contributed by atoms with Crippen molar-refractivity contribution in [2.45, 2.75) is 31.4 Å². The summed E-state index contributed by atoms with van der Waals surface area (Å²) >= 11 is 0. The van der Waals surface area contributed by atoms with Gasteiger partial charge in [0.25, 0.3) is 0 Å². The lowest BCUT2D eigenvalue weighted by Crippen LogP contribution is -2.42. The number of rotatable bonds is 0. The van der Waals surface area contributed by atoms with Crippen molar-refractivity contribution in [1.82, 2.24) is 0 Å². The van der Waals surface area contributed by atoms with Gasteiger partial charge in [0.05, 0.1) is 0 Å². The molecule has 1 fully saturated rings. The molecule has 2 heterocycles. The molecule has 3 rings (SSSR count). The van der Waals surface area contributed by atoms with Gasteiger partial charge in [0.15, 0.2) is 0 Å². The highest BCUT2D eigenvalue weighted by molar-refractivity contribution is 5.61. The van der Waals surface area contributed by atoms with E-state index < -0.39 is 0 Å². The van der Waals surface area contributed by atoms with Crippen molar-refractivity contribution in [2.75, 3.05) is 11.9 Å². The molecule has 0 aliphatic carbocycles. The zero-order valence-electron chi connectivity index (χ0n) is 8.42. The number of benzene rings is 1. The summed E-state index contributed by atoms with van der Waals surface area (Å²) < 4.78 is 5.78. The van der Waals surface area contributed by atoms with Crippen LogP contribution in [0.5, 0.6) is 0 Å². The van der Waals surface area contributed by atoms with Gasteiger partial charge in [-0.1, -0.05) is 25.1 Å². The third kappa shape index (κ3) is 0.947. The standard InChI is InChI=1S/C12H15NO/c1-12-7-4-8-14-11(12)13-10-6-3-2-5-9(10)12/h2-3,5-6,11,13H,4,7-8H2,1H3. The van der Waals surface area contributed by atoms with Crippen molar-refractivity contribution in [3.63, 3.8) is 0 Å². The Labute approximate surface area is 84.3 Å². The minimum Gasteiger partial charge on any atom is -0.359 e. The van der Waals surface area contributed by atoms with Crippen molar-refractivity contribution in [3.05, 3.63) is 29.8 Å². The van der Waals surface area contributed by atoms with Gasteiger partial charge in [-0.2, -0.15) is 0 Å². The lowest BCUT2D eigenvalue weighted by molar-refractivity contribution is -0.0139. The Morgan fingerprint density at radius 3 is 3.21 bits per heavy atom. The molecular formula is C12H15NO. The molecule has 2 heteroatoms. The Balaban J connectivity index is 2.10. The molecule has 2 atom stereocenters. The number of ether oxygens (including phenoxy) is 1. The first kappa shape index (κ1) is 8.30. The summed E-state index contributed by atoms with van der Waals surface area (Å²) in [6, 6.07) is 8.55. The molecule has 1 saturated heterocycles. The van der Waals surface area contributed by atoms with E-state index in [0.29, 0.717) is 0 Å². The van der Waals surface area contributed by atoms with Crippen LogP contribution < -0.4 is 5.32 Å². The summed E-state index contributed by atoms with van der Waals surface area (Å²) in [5.74, 6) is 0. The summed E-state index contributed by atoms with van der Waals surface area (Å²) in [5.41, 5.74) is 2.86. The summed E-state index contributed by atoms with van der Waals surface area (Å²) in [5, 5.41) is 3.45. The van der Waals surface area contributed by atoms with Gasteiger partial charge in [0.1, 0.15) is 6.23 Å². The molecule has 1 N–H and O–H groups in total. The minimum absolute atomic E-state index is 0.189. The Bertz CT molecular complexity index is 363. The van der Waals surface area contributed by atoms with Gasteiger partial charge in [-0.05, 0) is 24.5 Å². The molecule has 2 nitrogen and oxygen atoms in total. The summed E-state index contributed by atoms with van der Waals surface area (Å²) in [6.45, 7) is 3.19. The highest BCUT2D eigenvalue weighted by atomic mass is 16.5. The summed E-state index contributed by atoms with van der Waals surface area (Å²) in [4.78, 5) is 0. The first-order chi connectivity index (χ1) is 6.81. The second-order valence-corrected chi connectivity index (χ2v) is 4.46. The van der Waals surface area contributed by atoms with E-state index in [1.165, 1.54) is 24.1 Å². The quantitative estimate of drug-likeness (QED) is 0.677. The van der Waals surface area contributed by atoms with Gasteiger partial charge in [-0.25, -0.2) is 0 Å². The fourth-order valence-electron chi connectivity index (χ4n) is 2.68. The van der Waals surface area contributed by atoms with Crippen LogP contribution in [0, 0.1) is 0 Å². The van der Waals surface area contributed by atoms with Gasteiger partial charge < -0.3 is 10.1 Å². The lowest BCUT2D eigenvalue weighted by Gasteiger charge is -2.35. The maximum atomic E-state index is 5.78. The smallest absolute Gasteiger partial charge is 0.137 e. The van der Waals surface area contributed by atoms with Crippen LogP contribution >= 0.6 is 0 Å². The monoisotopic (exact) mass is 189 g/mol. The molecule has 2 aliphatic rings. The number of nitrogens with one attached hydrogen (secondary N) is 1. The van der Waals surface area contributed by atoms with Crippen LogP contribution in [0.4, 0.5) is 5.69 Å². The molecule has 1 aromatic carbocycles. The van der Waals surface area contributed by atoms with Crippen LogP contribution in [-0.2, 0) is 10.2 Å². The van der Waals surface area contributed by atoms with Crippen LogP contribution in [0.3, 0.4) is 0 Å². The lowest BCUT2D eigenvalue weighted by atomic mass is 9.78. The fraction of sp³-hybridized carbons (Fsp3) is 0.500. The van der Waals surface area contributed by atoms with Crippen LogP contribution in [-0.4, -0.2) is 12.8 Å². The van der Waals surface area contributed by atoms with E-state index in [0.717, 1.165) is 6.61 Å². The van der Waals surface area contributed by atoms with E-state index in [-0.39, 0.29) is 11.6 Å². The van der Waals surface area contributed by atoms with Gasteiger partial charge in [0.2, 0.25) is 0 Å². The Kier molecular flexibility index (Phi) is 1.62. The van der Waals surface area contributed by atoms with E-state index in [9.17, 15) is 0 Å². The molecular weight excluding hydrogens is 174 g/mol. The third-order valence-electron chi connectivity index (χ3n) is 3.53. The molecule has 1 aromatic rings. The van der Waals surface area contributed by atoms with Crippen LogP contribution in [0.15, 0.2) is 24.3 Å². The number of anilines is 1. The van der Waals surface area contributed by atoms with Crippen molar-refractivity contribution in [3.8, 4) is 0 Å².